The molecule has 6 heteroatoms. The van der Waals surface area contributed by atoms with Gasteiger partial charge >= 0.3 is 0 Å². The summed E-state index contributed by atoms with van der Waals surface area (Å²) in [4.78, 5) is 10.6. The van der Waals surface area contributed by atoms with E-state index in [0.29, 0.717) is 23.8 Å². The molecule has 90 valence electrons. The number of carbonyl (C=O) groups is 1. The summed E-state index contributed by atoms with van der Waals surface area (Å²) in [6.45, 7) is 0.627. The summed E-state index contributed by atoms with van der Waals surface area (Å²) in [5.74, 6) is -0.434. The van der Waals surface area contributed by atoms with Crippen LogP contribution in [0.5, 0.6) is 5.75 Å². The van der Waals surface area contributed by atoms with E-state index >= 15 is 0 Å². The van der Waals surface area contributed by atoms with Crippen molar-refractivity contribution >= 4 is 17.2 Å². The highest BCUT2D eigenvalue weighted by Crippen LogP contribution is 2.24. The van der Waals surface area contributed by atoms with Gasteiger partial charge in [-0.3, -0.25) is 9.89 Å². The zero-order valence-electron chi connectivity index (χ0n) is 9.20. The van der Waals surface area contributed by atoms with Crippen LogP contribution in [-0.2, 0) is 4.74 Å². The van der Waals surface area contributed by atoms with Crippen molar-refractivity contribution < 1.29 is 18.7 Å². The van der Waals surface area contributed by atoms with Gasteiger partial charge in [-0.15, -0.1) is 0 Å². The van der Waals surface area contributed by atoms with Crippen LogP contribution in [0.3, 0.4) is 0 Å². The Morgan fingerprint density at radius 3 is 3.00 bits per heavy atom. The summed E-state index contributed by atoms with van der Waals surface area (Å²) in [7, 11) is 1.53. The van der Waals surface area contributed by atoms with Gasteiger partial charge < -0.3 is 9.47 Å². The molecule has 17 heavy (non-hydrogen) atoms. The molecule has 1 aromatic carbocycles. The number of rotatable bonds is 5. The lowest BCUT2D eigenvalue weighted by atomic mass is 10.2. The molecule has 0 spiro atoms. The molecule has 1 N–H and O–H groups in total. The van der Waals surface area contributed by atoms with Gasteiger partial charge in [0.15, 0.2) is 17.9 Å². The molecule has 5 nitrogen and oxygen atoms in total. The third-order valence-electron chi connectivity index (χ3n) is 2.30. The molecular weight excluding hydrogens is 227 g/mol. The van der Waals surface area contributed by atoms with E-state index in [4.69, 9.17) is 9.47 Å². The van der Waals surface area contributed by atoms with Crippen LogP contribution in [0.2, 0.25) is 0 Å². The molecular formula is C11H11FN2O3. The average molecular weight is 238 g/mol. The predicted octanol–water partition coefficient (Wildman–Crippen LogP) is 1.54. The Balaban J connectivity index is 2.32. The predicted molar refractivity (Wildman–Crippen MR) is 58.8 cm³/mol. The van der Waals surface area contributed by atoms with Gasteiger partial charge in [0.05, 0.1) is 12.1 Å². The van der Waals surface area contributed by atoms with Crippen molar-refractivity contribution in [1.29, 1.82) is 0 Å². The Hall–Kier alpha value is -1.95. The second kappa shape index (κ2) is 4.92. The minimum Gasteiger partial charge on any atom is -0.488 e. The number of hydrogen-bond acceptors (Lipinski definition) is 4. The Morgan fingerprint density at radius 2 is 2.29 bits per heavy atom. The van der Waals surface area contributed by atoms with Crippen LogP contribution in [-0.4, -0.2) is 36.8 Å². The number of aromatic amines is 1. The van der Waals surface area contributed by atoms with E-state index in [2.05, 4.69) is 10.2 Å². The second-order valence-electron chi connectivity index (χ2n) is 3.40. The third-order valence-corrected chi connectivity index (χ3v) is 2.30. The van der Waals surface area contributed by atoms with Crippen molar-refractivity contribution in [1.82, 2.24) is 10.2 Å². The quantitative estimate of drug-likeness (QED) is 0.634. The molecule has 0 amide bonds. The van der Waals surface area contributed by atoms with Crippen LogP contribution in [0.15, 0.2) is 12.1 Å². The first-order valence-corrected chi connectivity index (χ1v) is 5.00. The van der Waals surface area contributed by atoms with E-state index < -0.39 is 5.82 Å². The van der Waals surface area contributed by atoms with E-state index in [1.54, 1.807) is 0 Å². The number of H-pyrrole nitrogens is 1. The zero-order chi connectivity index (χ0) is 12.3. The first-order valence-electron chi connectivity index (χ1n) is 5.00. The van der Waals surface area contributed by atoms with Gasteiger partial charge in [-0.1, -0.05) is 0 Å². The summed E-state index contributed by atoms with van der Waals surface area (Å²) in [5.41, 5.74) is 0.739. The van der Waals surface area contributed by atoms with E-state index in [1.165, 1.54) is 19.2 Å². The highest BCUT2D eigenvalue weighted by atomic mass is 19.1. The largest absolute Gasteiger partial charge is 0.488 e. The van der Waals surface area contributed by atoms with Crippen LogP contribution in [0.25, 0.3) is 10.9 Å². The molecule has 0 aliphatic rings. The van der Waals surface area contributed by atoms with E-state index in [9.17, 15) is 9.18 Å². The van der Waals surface area contributed by atoms with Gasteiger partial charge in [-0.25, -0.2) is 4.39 Å². The summed E-state index contributed by atoms with van der Waals surface area (Å²) >= 11 is 0. The lowest BCUT2D eigenvalue weighted by Crippen LogP contribution is -2.05. The minimum atomic E-state index is -0.530. The van der Waals surface area contributed by atoms with Crippen molar-refractivity contribution in [3.05, 3.63) is 23.6 Å². The van der Waals surface area contributed by atoms with Crippen LogP contribution in [0, 0.1) is 5.82 Å². The Morgan fingerprint density at radius 1 is 1.47 bits per heavy atom. The Kier molecular flexibility index (Phi) is 3.34. The van der Waals surface area contributed by atoms with Gasteiger partial charge in [0.1, 0.15) is 12.3 Å². The number of hydrogen-bond donors (Lipinski definition) is 1. The van der Waals surface area contributed by atoms with Crippen LogP contribution >= 0.6 is 0 Å². The molecule has 0 radical (unpaired) electrons. The van der Waals surface area contributed by atoms with Crippen LogP contribution in [0.4, 0.5) is 4.39 Å². The van der Waals surface area contributed by atoms with Crippen molar-refractivity contribution in [2.24, 2.45) is 0 Å². The number of methoxy groups -OCH3 is 1. The maximum Gasteiger partial charge on any atom is 0.168 e. The zero-order valence-corrected chi connectivity index (χ0v) is 9.20. The molecule has 0 saturated carbocycles. The smallest absolute Gasteiger partial charge is 0.168 e. The molecule has 0 aliphatic heterocycles. The van der Waals surface area contributed by atoms with Crippen molar-refractivity contribution in [3.8, 4) is 5.75 Å². The molecule has 2 aromatic rings. The Bertz CT molecular complexity index is 539. The highest BCUT2D eigenvalue weighted by Gasteiger charge is 2.11. The molecule has 0 aliphatic carbocycles. The second-order valence-corrected chi connectivity index (χ2v) is 3.40. The minimum absolute atomic E-state index is 0.0958. The maximum absolute atomic E-state index is 13.6. The van der Waals surface area contributed by atoms with Gasteiger partial charge in [0.25, 0.3) is 0 Å². The fraction of sp³-hybridized carbons (Fsp3) is 0.273. The highest BCUT2D eigenvalue weighted by molar-refractivity contribution is 5.95. The summed E-state index contributed by atoms with van der Waals surface area (Å²) in [5, 5.41) is 6.85. The maximum atomic E-state index is 13.6. The normalized spacial score (nSPS) is 10.7. The molecule has 1 heterocycles. The topological polar surface area (TPSA) is 64.2 Å². The summed E-state index contributed by atoms with van der Waals surface area (Å²) < 4.78 is 23.6. The first kappa shape index (κ1) is 11.5. The van der Waals surface area contributed by atoms with E-state index in [0.717, 1.165) is 0 Å². The number of halogens is 1. The number of nitrogens with zero attached hydrogens (tertiary/aromatic N) is 1. The van der Waals surface area contributed by atoms with Crippen LogP contribution in [0.1, 0.15) is 10.5 Å². The molecule has 1 aromatic heterocycles. The lowest BCUT2D eigenvalue weighted by molar-refractivity contribution is 0.112. The first-order chi connectivity index (χ1) is 8.26. The standard InChI is InChI=1S/C11H11FN2O3/c1-16-2-3-17-11-5-9-7(4-8(11)12)10(6-15)14-13-9/h4-6H,2-3H2,1H3,(H,13,14). The van der Waals surface area contributed by atoms with Crippen molar-refractivity contribution in [3.63, 3.8) is 0 Å². The molecule has 0 fully saturated rings. The van der Waals surface area contributed by atoms with Crippen LogP contribution < -0.4 is 4.74 Å². The average Bonchev–Trinajstić information content (AvgIpc) is 2.71. The Labute approximate surface area is 96.5 Å². The van der Waals surface area contributed by atoms with Gasteiger partial charge in [0.2, 0.25) is 0 Å². The summed E-state index contributed by atoms with van der Waals surface area (Å²) in [6, 6.07) is 2.68. The number of aromatic nitrogens is 2. The van der Waals surface area contributed by atoms with Crippen molar-refractivity contribution in [2.75, 3.05) is 20.3 Å². The SMILES string of the molecule is COCCOc1cc2n[nH]c(C=O)c2cc1F. The monoisotopic (exact) mass is 238 g/mol. The van der Waals surface area contributed by atoms with Gasteiger partial charge in [0, 0.05) is 18.6 Å². The molecule has 0 atom stereocenters. The molecule has 2 rings (SSSR count). The fourth-order valence-electron chi connectivity index (χ4n) is 1.47. The summed E-state index contributed by atoms with van der Waals surface area (Å²) in [6.07, 6.45) is 0.597. The van der Waals surface area contributed by atoms with Crippen molar-refractivity contribution in [2.45, 2.75) is 0 Å². The fourth-order valence-corrected chi connectivity index (χ4v) is 1.47. The lowest BCUT2D eigenvalue weighted by Gasteiger charge is -2.06. The van der Waals surface area contributed by atoms with E-state index in [1.807, 2.05) is 0 Å². The number of fused-ring (bicyclic) bond motifs is 1. The van der Waals surface area contributed by atoms with Gasteiger partial charge in [-0.05, 0) is 6.07 Å². The number of nitrogens with one attached hydrogen (secondary N) is 1. The third kappa shape index (κ3) is 2.26. The number of aldehydes is 1. The number of carbonyl (C=O) groups excluding carboxylic acids is 1. The number of ether oxygens (including phenoxy) is 2. The molecule has 0 unspecified atom stereocenters. The molecule has 0 bridgehead atoms. The van der Waals surface area contributed by atoms with Gasteiger partial charge in [-0.2, -0.15) is 5.10 Å². The van der Waals surface area contributed by atoms with E-state index in [-0.39, 0.29) is 18.1 Å². The number of benzene rings is 1. The molecule has 0 saturated heterocycles.